The SMILES string of the molecule is COC[C@H](C)NC(=O)Nc1ccc(OC)c2cccnc12. The van der Waals surface area contributed by atoms with Crippen LogP contribution in [0.15, 0.2) is 30.5 Å². The van der Waals surface area contributed by atoms with Crippen molar-refractivity contribution in [1.29, 1.82) is 0 Å². The molecule has 2 rings (SSSR count). The summed E-state index contributed by atoms with van der Waals surface area (Å²) >= 11 is 0. The van der Waals surface area contributed by atoms with Crippen LogP contribution >= 0.6 is 0 Å². The molecule has 0 saturated carbocycles. The lowest BCUT2D eigenvalue weighted by molar-refractivity contribution is 0.173. The number of pyridine rings is 1. The van der Waals surface area contributed by atoms with Gasteiger partial charge in [0.2, 0.25) is 0 Å². The molecule has 0 fully saturated rings. The Kier molecular flexibility index (Phi) is 4.94. The fourth-order valence-electron chi connectivity index (χ4n) is 2.10. The number of urea groups is 1. The molecule has 0 aliphatic rings. The molecule has 1 aromatic heterocycles. The Balaban J connectivity index is 2.21. The van der Waals surface area contributed by atoms with E-state index in [0.717, 1.165) is 11.1 Å². The first-order valence-corrected chi connectivity index (χ1v) is 6.64. The van der Waals surface area contributed by atoms with Gasteiger partial charge in [-0.2, -0.15) is 0 Å². The van der Waals surface area contributed by atoms with Crippen molar-refractivity contribution in [3.63, 3.8) is 0 Å². The third kappa shape index (κ3) is 3.61. The second-order valence-electron chi connectivity index (χ2n) is 4.67. The van der Waals surface area contributed by atoms with Crippen molar-refractivity contribution < 1.29 is 14.3 Å². The molecular weight excluding hydrogens is 270 g/mol. The number of nitrogens with one attached hydrogen (secondary N) is 2. The molecule has 1 aromatic carbocycles. The second-order valence-corrected chi connectivity index (χ2v) is 4.67. The van der Waals surface area contributed by atoms with Crippen LogP contribution in [-0.2, 0) is 4.74 Å². The molecule has 1 heterocycles. The molecule has 2 N–H and O–H groups in total. The van der Waals surface area contributed by atoms with E-state index in [9.17, 15) is 4.79 Å². The number of anilines is 1. The van der Waals surface area contributed by atoms with Gasteiger partial charge in [-0.1, -0.05) is 0 Å². The average Bonchev–Trinajstić information content (AvgIpc) is 2.47. The monoisotopic (exact) mass is 289 g/mol. The van der Waals surface area contributed by atoms with Crippen molar-refractivity contribution >= 4 is 22.6 Å². The molecule has 2 aromatic rings. The lowest BCUT2D eigenvalue weighted by Crippen LogP contribution is -2.38. The summed E-state index contributed by atoms with van der Waals surface area (Å²) in [6, 6.07) is 6.93. The third-order valence-corrected chi connectivity index (χ3v) is 2.99. The maximum Gasteiger partial charge on any atom is 0.319 e. The smallest absolute Gasteiger partial charge is 0.319 e. The maximum absolute atomic E-state index is 12.0. The summed E-state index contributed by atoms with van der Waals surface area (Å²) in [5.74, 6) is 0.719. The first-order valence-electron chi connectivity index (χ1n) is 6.64. The predicted octanol–water partition coefficient (Wildman–Crippen LogP) is 2.40. The molecule has 0 radical (unpaired) electrons. The summed E-state index contributed by atoms with van der Waals surface area (Å²) in [6.07, 6.45) is 1.68. The van der Waals surface area contributed by atoms with Gasteiger partial charge in [0.25, 0.3) is 0 Å². The normalized spacial score (nSPS) is 12.0. The van der Waals surface area contributed by atoms with Gasteiger partial charge in [0.1, 0.15) is 5.75 Å². The second kappa shape index (κ2) is 6.90. The number of ether oxygens (including phenoxy) is 2. The molecule has 1 atom stereocenters. The van der Waals surface area contributed by atoms with E-state index in [4.69, 9.17) is 9.47 Å². The lowest BCUT2D eigenvalue weighted by atomic mass is 10.1. The summed E-state index contributed by atoms with van der Waals surface area (Å²) in [7, 11) is 3.20. The van der Waals surface area contributed by atoms with E-state index in [1.165, 1.54) is 0 Å². The summed E-state index contributed by atoms with van der Waals surface area (Å²) < 4.78 is 10.3. The molecule has 6 heteroatoms. The van der Waals surface area contributed by atoms with Crippen molar-refractivity contribution in [3.05, 3.63) is 30.5 Å². The van der Waals surface area contributed by atoms with Gasteiger partial charge in [0.05, 0.1) is 31.0 Å². The van der Waals surface area contributed by atoms with Crippen molar-refractivity contribution in [3.8, 4) is 5.75 Å². The van der Waals surface area contributed by atoms with Crippen LogP contribution in [0.2, 0.25) is 0 Å². The molecule has 6 nitrogen and oxygen atoms in total. The van der Waals surface area contributed by atoms with E-state index in [0.29, 0.717) is 17.8 Å². The minimum absolute atomic E-state index is 0.0764. The number of hydrogen-bond acceptors (Lipinski definition) is 4. The molecular formula is C15H19N3O3. The molecule has 112 valence electrons. The van der Waals surface area contributed by atoms with Crippen molar-refractivity contribution in [2.75, 3.05) is 26.1 Å². The summed E-state index contributed by atoms with van der Waals surface area (Å²) in [4.78, 5) is 16.3. The first-order chi connectivity index (χ1) is 10.2. The van der Waals surface area contributed by atoms with Crippen molar-refractivity contribution in [2.45, 2.75) is 13.0 Å². The zero-order valence-electron chi connectivity index (χ0n) is 12.3. The van der Waals surface area contributed by atoms with Gasteiger partial charge < -0.3 is 20.1 Å². The average molecular weight is 289 g/mol. The zero-order valence-corrected chi connectivity index (χ0v) is 12.3. The number of hydrogen-bond donors (Lipinski definition) is 2. The van der Waals surface area contributed by atoms with Crippen molar-refractivity contribution in [2.24, 2.45) is 0 Å². The van der Waals surface area contributed by atoms with Crippen LogP contribution in [0.25, 0.3) is 10.9 Å². The quantitative estimate of drug-likeness (QED) is 0.886. The van der Waals surface area contributed by atoms with Crippen LogP contribution in [0.4, 0.5) is 10.5 Å². The Bertz CT molecular complexity index is 631. The fraction of sp³-hybridized carbons (Fsp3) is 0.333. The van der Waals surface area contributed by atoms with Crippen molar-refractivity contribution in [1.82, 2.24) is 10.3 Å². The van der Waals surface area contributed by atoms with E-state index in [1.807, 2.05) is 19.1 Å². The fourth-order valence-corrected chi connectivity index (χ4v) is 2.10. The predicted molar refractivity (Wildman–Crippen MR) is 81.8 cm³/mol. The molecule has 0 bridgehead atoms. The van der Waals surface area contributed by atoms with E-state index in [-0.39, 0.29) is 12.1 Å². The number of benzene rings is 1. The molecule has 0 aliphatic carbocycles. The first kappa shape index (κ1) is 15.1. The summed E-state index contributed by atoms with van der Waals surface area (Å²) in [5, 5.41) is 6.44. The van der Waals surface area contributed by atoms with Crippen LogP contribution in [-0.4, -0.2) is 37.9 Å². The highest BCUT2D eigenvalue weighted by Crippen LogP contribution is 2.29. The van der Waals surface area contributed by atoms with E-state index in [1.54, 1.807) is 32.5 Å². The lowest BCUT2D eigenvalue weighted by Gasteiger charge is -2.15. The number of carbonyl (C=O) groups excluding carboxylic acids is 1. The topological polar surface area (TPSA) is 72.5 Å². The Morgan fingerprint density at radius 3 is 2.86 bits per heavy atom. The van der Waals surface area contributed by atoms with Gasteiger partial charge in [-0.3, -0.25) is 4.98 Å². The maximum atomic E-state index is 12.0. The Labute approximate surface area is 123 Å². The summed E-state index contributed by atoms with van der Waals surface area (Å²) in [5.41, 5.74) is 1.32. The Morgan fingerprint density at radius 1 is 1.33 bits per heavy atom. The summed E-state index contributed by atoms with van der Waals surface area (Å²) in [6.45, 7) is 2.32. The number of carbonyl (C=O) groups is 1. The number of aromatic nitrogens is 1. The van der Waals surface area contributed by atoms with Gasteiger partial charge in [-0.05, 0) is 31.2 Å². The largest absolute Gasteiger partial charge is 0.496 e. The van der Waals surface area contributed by atoms with Crippen LogP contribution in [0.5, 0.6) is 5.75 Å². The highest BCUT2D eigenvalue weighted by atomic mass is 16.5. The molecule has 21 heavy (non-hydrogen) atoms. The van der Waals surface area contributed by atoms with Crippen LogP contribution < -0.4 is 15.4 Å². The molecule has 0 aliphatic heterocycles. The van der Waals surface area contributed by atoms with Gasteiger partial charge in [-0.25, -0.2) is 4.79 Å². The zero-order chi connectivity index (χ0) is 15.2. The Morgan fingerprint density at radius 2 is 2.14 bits per heavy atom. The minimum Gasteiger partial charge on any atom is -0.496 e. The number of nitrogens with zero attached hydrogens (tertiary/aromatic N) is 1. The number of amides is 2. The van der Waals surface area contributed by atoms with Gasteiger partial charge in [-0.15, -0.1) is 0 Å². The minimum atomic E-state index is -0.295. The van der Waals surface area contributed by atoms with E-state index in [2.05, 4.69) is 15.6 Å². The number of methoxy groups -OCH3 is 2. The number of fused-ring (bicyclic) bond motifs is 1. The highest BCUT2D eigenvalue weighted by Gasteiger charge is 2.11. The molecule has 0 unspecified atom stereocenters. The van der Waals surface area contributed by atoms with E-state index >= 15 is 0 Å². The van der Waals surface area contributed by atoms with Gasteiger partial charge in [0, 0.05) is 18.7 Å². The van der Waals surface area contributed by atoms with Gasteiger partial charge in [0.15, 0.2) is 0 Å². The van der Waals surface area contributed by atoms with Crippen LogP contribution in [0.3, 0.4) is 0 Å². The molecule has 2 amide bonds. The Hall–Kier alpha value is -2.34. The molecule has 0 spiro atoms. The standard InChI is InChI=1S/C15H19N3O3/c1-10(9-20-2)17-15(19)18-12-6-7-13(21-3)11-5-4-8-16-14(11)12/h4-8,10H,9H2,1-3H3,(H2,17,18,19)/t10-/m0/s1. The van der Waals surface area contributed by atoms with E-state index < -0.39 is 0 Å². The van der Waals surface area contributed by atoms with Crippen LogP contribution in [0.1, 0.15) is 6.92 Å². The van der Waals surface area contributed by atoms with Gasteiger partial charge >= 0.3 is 6.03 Å². The highest BCUT2D eigenvalue weighted by molar-refractivity contribution is 6.01. The van der Waals surface area contributed by atoms with Crippen LogP contribution in [0, 0.1) is 0 Å². The third-order valence-electron chi connectivity index (χ3n) is 2.99. The molecule has 0 saturated heterocycles. The number of rotatable bonds is 5.